The van der Waals surface area contributed by atoms with Crippen molar-refractivity contribution in [2.45, 2.75) is 32.5 Å². The van der Waals surface area contributed by atoms with E-state index in [0.29, 0.717) is 0 Å². The van der Waals surface area contributed by atoms with Crippen molar-refractivity contribution < 1.29 is 0 Å². The summed E-state index contributed by atoms with van der Waals surface area (Å²) in [6.07, 6.45) is 4.69. The van der Waals surface area contributed by atoms with Crippen LogP contribution in [0.1, 0.15) is 12.0 Å². The SMILES string of the molecule is C[Si](C)(C)C=CCCc1ccccc1. The summed E-state index contributed by atoms with van der Waals surface area (Å²) in [4.78, 5) is 0. The zero-order valence-corrected chi connectivity index (χ0v) is 10.5. The lowest BCUT2D eigenvalue weighted by molar-refractivity contribution is 1.00. The third kappa shape index (κ3) is 5.03. The van der Waals surface area contributed by atoms with Gasteiger partial charge < -0.3 is 0 Å². The van der Waals surface area contributed by atoms with E-state index in [2.05, 4.69) is 61.7 Å². The van der Waals surface area contributed by atoms with Crippen LogP contribution in [-0.4, -0.2) is 8.07 Å². The maximum Gasteiger partial charge on any atom is 0.0682 e. The summed E-state index contributed by atoms with van der Waals surface area (Å²) in [5.74, 6) is 0. The molecule has 1 rings (SSSR count). The molecule has 1 aromatic carbocycles. The Kier molecular flexibility index (Phi) is 4.14. The Bertz CT molecular complexity index is 280. The van der Waals surface area contributed by atoms with Crippen LogP contribution in [0.3, 0.4) is 0 Å². The minimum absolute atomic E-state index is 0.976. The molecular weight excluding hydrogens is 184 g/mol. The van der Waals surface area contributed by atoms with Crippen LogP contribution >= 0.6 is 0 Å². The van der Waals surface area contributed by atoms with Crippen LogP contribution in [0.2, 0.25) is 19.6 Å². The van der Waals surface area contributed by atoms with Crippen molar-refractivity contribution >= 4 is 8.07 Å². The Hall–Kier alpha value is -0.823. The van der Waals surface area contributed by atoms with Crippen molar-refractivity contribution in [1.82, 2.24) is 0 Å². The summed E-state index contributed by atoms with van der Waals surface area (Å²) < 4.78 is 0. The predicted octanol–water partition coefficient (Wildman–Crippen LogP) is 4.05. The second-order valence-electron chi connectivity index (χ2n) is 4.79. The van der Waals surface area contributed by atoms with E-state index in [4.69, 9.17) is 0 Å². The Morgan fingerprint density at radius 2 is 1.71 bits per heavy atom. The third-order valence-electron chi connectivity index (χ3n) is 2.06. The number of benzene rings is 1. The molecule has 0 saturated heterocycles. The summed E-state index contributed by atoms with van der Waals surface area (Å²) in [5.41, 5.74) is 3.86. The average Bonchev–Trinajstić information content (AvgIpc) is 2.13. The topological polar surface area (TPSA) is 0 Å². The first-order valence-electron chi connectivity index (χ1n) is 5.29. The zero-order chi connectivity index (χ0) is 10.4. The summed E-state index contributed by atoms with van der Waals surface area (Å²) in [5, 5.41) is 0. The number of allylic oxidation sites excluding steroid dienone is 1. The average molecular weight is 204 g/mol. The molecule has 0 radical (unpaired) electrons. The predicted molar refractivity (Wildman–Crippen MR) is 67.2 cm³/mol. The highest BCUT2D eigenvalue weighted by molar-refractivity contribution is 6.80. The number of aryl methyl sites for hydroxylation is 1. The number of hydrogen-bond acceptors (Lipinski definition) is 0. The molecule has 1 aromatic rings. The van der Waals surface area contributed by atoms with Gasteiger partial charge in [0.15, 0.2) is 0 Å². The van der Waals surface area contributed by atoms with Crippen LogP contribution in [0.25, 0.3) is 0 Å². The van der Waals surface area contributed by atoms with Crippen LogP contribution in [0.4, 0.5) is 0 Å². The van der Waals surface area contributed by atoms with E-state index in [1.54, 1.807) is 0 Å². The molecule has 0 aliphatic heterocycles. The Morgan fingerprint density at radius 3 is 2.29 bits per heavy atom. The highest BCUT2D eigenvalue weighted by Gasteiger charge is 2.05. The molecule has 0 bridgehead atoms. The highest BCUT2D eigenvalue weighted by Crippen LogP contribution is 2.06. The normalized spacial score (nSPS) is 12.2. The Labute approximate surface area is 88.7 Å². The van der Waals surface area contributed by atoms with Gasteiger partial charge >= 0.3 is 0 Å². The second-order valence-corrected chi connectivity index (χ2v) is 9.86. The van der Waals surface area contributed by atoms with E-state index in [1.165, 1.54) is 18.4 Å². The van der Waals surface area contributed by atoms with Gasteiger partial charge in [0.2, 0.25) is 0 Å². The van der Waals surface area contributed by atoms with Gasteiger partial charge in [-0.2, -0.15) is 0 Å². The Balaban J connectivity index is 2.33. The molecule has 0 spiro atoms. The fraction of sp³-hybridized carbons (Fsp3) is 0.385. The molecule has 0 N–H and O–H groups in total. The molecule has 0 atom stereocenters. The molecule has 0 nitrogen and oxygen atoms in total. The van der Waals surface area contributed by atoms with Crippen molar-refractivity contribution in [3.63, 3.8) is 0 Å². The molecule has 76 valence electrons. The Morgan fingerprint density at radius 1 is 1.07 bits per heavy atom. The van der Waals surface area contributed by atoms with Gasteiger partial charge in [0, 0.05) is 0 Å². The molecule has 14 heavy (non-hydrogen) atoms. The van der Waals surface area contributed by atoms with Crippen molar-refractivity contribution in [1.29, 1.82) is 0 Å². The van der Waals surface area contributed by atoms with Gasteiger partial charge in [0.25, 0.3) is 0 Å². The standard InChI is InChI=1S/C13H20Si/c1-14(2,3)12-8-7-11-13-9-5-4-6-10-13/h4-6,8-10,12H,7,11H2,1-3H3. The van der Waals surface area contributed by atoms with Crippen LogP contribution < -0.4 is 0 Å². The van der Waals surface area contributed by atoms with Crippen molar-refractivity contribution in [3.8, 4) is 0 Å². The minimum atomic E-state index is -0.976. The summed E-state index contributed by atoms with van der Waals surface area (Å²) >= 11 is 0. The lowest BCUT2D eigenvalue weighted by atomic mass is 10.1. The van der Waals surface area contributed by atoms with Gasteiger partial charge in [0.05, 0.1) is 8.07 Å². The quantitative estimate of drug-likeness (QED) is 0.649. The van der Waals surface area contributed by atoms with Gasteiger partial charge in [-0.05, 0) is 18.4 Å². The maximum atomic E-state index is 2.43. The fourth-order valence-corrected chi connectivity index (χ4v) is 2.21. The first kappa shape index (κ1) is 11.3. The van der Waals surface area contributed by atoms with Crippen LogP contribution in [-0.2, 0) is 6.42 Å². The molecule has 0 aliphatic rings. The largest absolute Gasteiger partial charge is 0.0989 e. The molecule has 0 heterocycles. The molecule has 0 saturated carbocycles. The molecular formula is C13H20Si. The monoisotopic (exact) mass is 204 g/mol. The first-order valence-corrected chi connectivity index (χ1v) is 8.87. The van der Waals surface area contributed by atoms with E-state index in [-0.39, 0.29) is 0 Å². The molecule has 1 heteroatoms. The summed E-state index contributed by atoms with van der Waals surface area (Å²) in [7, 11) is -0.976. The van der Waals surface area contributed by atoms with Gasteiger partial charge in [-0.3, -0.25) is 0 Å². The van der Waals surface area contributed by atoms with Crippen LogP contribution in [0.5, 0.6) is 0 Å². The van der Waals surface area contributed by atoms with Crippen molar-refractivity contribution in [2.24, 2.45) is 0 Å². The second kappa shape index (κ2) is 5.16. The fourth-order valence-electron chi connectivity index (χ4n) is 1.33. The minimum Gasteiger partial charge on any atom is -0.0989 e. The zero-order valence-electron chi connectivity index (χ0n) is 9.46. The summed E-state index contributed by atoms with van der Waals surface area (Å²) in [6, 6.07) is 10.7. The van der Waals surface area contributed by atoms with Crippen molar-refractivity contribution in [3.05, 3.63) is 47.7 Å². The molecule has 0 unspecified atom stereocenters. The van der Waals surface area contributed by atoms with Crippen LogP contribution in [0, 0.1) is 0 Å². The van der Waals surface area contributed by atoms with E-state index < -0.39 is 8.07 Å². The third-order valence-corrected chi connectivity index (χ3v) is 3.30. The first-order chi connectivity index (χ1) is 6.58. The number of hydrogen-bond donors (Lipinski definition) is 0. The van der Waals surface area contributed by atoms with E-state index in [1.807, 2.05) is 0 Å². The molecule has 0 aromatic heterocycles. The van der Waals surface area contributed by atoms with E-state index in [9.17, 15) is 0 Å². The van der Waals surface area contributed by atoms with Gasteiger partial charge in [-0.1, -0.05) is 61.7 Å². The smallest absolute Gasteiger partial charge is 0.0682 e. The lowest BCUT2D eigenvalue weighted by Crippen LogP contribution is -2.15. The molecule has 0 aliphatic carbocycles. The van der Waals surface area contributed by atoms with Gasteiger partial charge in [0.1, 0.15) is 0 Å². The highest BCUT2D eigenvalue weighted by atomic mass is 28.3. The van der Waals surface area contributed by atoms with Crippen LogP contribution in [0.15, 0.2) is 42.1 Å². The van der Waals surface area contributed by atoms with Crippen molar-refractivity contribution in [2.75, 3.05) is 0 Å². The van der Waals surface area contributed by atoms with Gasteiger partial charge in [-0.25, -0.2) is 0 Å². The number of rotatable bonds is 4. The maximum absolute atomic E-state index is 2.43. The summed E-state index contributed by atoms with van der Waals surface area (Å²) in [6.45, 7) is 7.10. The van der Waals surface area contributed by atoms with E-state index in [0.717, 1.165) is 0 Å². The van der Waals surface area contributed by atoms with E-state index >= 15 is 0 Å². The molecule has 0 amide bonds. The van der Waals surface area contributed by atoms with Gasteiger partial charge in [-0.15, -0.1) is 0 Å². The lowest BCUT2D eigenvalue weighted by Gasteiger charge is -2.07. The molecule has 0 fully saturated rings.